The van der Waals surface area contributed by atoms with E-state index in [2.05, 4.69) is 15.3 Å². The summed E-state index contributed by atoms with van der Waals surface area (Å²) in [5, 5.41) is 3.09. The SMILES string of the molecule is NC(=O)C(NCc1ccncc1)c1ccccn1. The molecule has 2 aromatic rings. The molecule has 18 heavy (non-hydrogen) atoms. The van der Waals surface area contributed by atoms with E-state index in [4.69, 9.17) is 5.73 Å². The number of nitrogens with zero attached hydrogens (tertiary/aromatic N) is 2. The van der Waals surface area contributed by atoms with Crippen molar-refractivity contribution in [3.63, 3.8) is 0 Å². The number of pyridine rings is 2. The lowest BCUT2D eigenvalue weighted by molar-refractivity contribution is -0.120. The van der Waals surface area contributed by atoms with E-state index in [1.165, 1.54) is 0 Å². The van der Waals surface area contributed by atoms with Crippen molar-refractivity contribution in [2.45, 2.75) is 12.6 Å². The van der Waals surface area contributed by atoms with Gasteiger partial charge in [-0.3, -0.25) is 20.1 Å². The molecule has 0 aromatic carbocycles. The lowest BCUT2D eigenvalue weighted by atomic mass is 10.1. The Hall–Kier alpha value is -2.27. The van der Waals surface area contributed by atoms with Gasteiger partial charge < -0.3 is 5.73 Å². The second-order valence-corrected chi connectivity index (χ2v) is 3.83. The first-order valence-corrected chi connectivity index (χ1v) is 5.60. The van der Waals surface area contributed by atoms with Gasteiger partial charge in [0.1, 0.15) is 6.04 Å². The maximum Gasteiger partial charge on any atom is 0.240 e. The predicted octanol–water partition coefficient (Wildman–Crippen LogP) is 0.793. The third-order valence-corrected chi connectivity index (χ3v) is 2.53. The molecule has 0 saturated heterocycles. The van der Waals surface area contributed by atoms with E-state index in [-0.39, 0.29) is 0 Å². The van der Waals surface area contributed by atoms with Crippen LogP contribution in [0.15, 0.2) is 48.9 Å². The average Bonchev–Trinajstić information content (AvgIpc) is 2.41. The van der Waals surface area contributed by atoms with E-state index in [1.807, 2.05) is 18.2 Å². The van der Waals surface area contributed by atoms with Crippen LogP contribution in [0.25, 0.3) is 0 Å². The van der Waals surface area contributed by atoms with E-state index in [0.29, 0.717) is 12.2 Å². The summed E-state index contributed by atoms with van der Waals surface area (Å²) in [6, 6.07) is 8.57. The molecule has 0 radical (unpaired) electrons. The molecule has 5 nitrogen and oxygen atoms in total. The highest BCUT2D eigenvalue weighted by atomic mass is 16.1. The smallest absolute Gasteiger partial charge is 0.240 e. The molecule has 1 amide bonds. The summed E-state index contributed by atoms with van der Waals surface area (Å²) in [7, 11) is 0. The molecule has 2 rings (SSSR count). The number of carbonyl (C=O) groups excluding carboxylic acids is 1. The summed E-state index contributed by atoms with van der Waals surface area (Å²) >= 11 is 0. The number of carbonyl (C=O) groups is 1. The monoisotopic (exact) mass is 242 g/mol. The fourth-order valence-corrected chi connectivity index (χ4v) is 1.62. The maximum atomic E-state index is 11.4. The minimum absolute atomic E-state index is 0.442. The van der Waals surface area contributed by atoms with Crippen LogP contribution in [0.1, 0.15) is 17.3 Å². The topological polar surface area (TPSA) is 80.9 Å². The van der Waals surface area contributed by atoms with Crippen LogP contribution in [0.4, 0.5) is 0 Å². The molecule has 0 spiro atoms. The third-order valence-electron chi connectivity index (χ3n) is 2.53. The first-order valence-electron chi connectivity index (χ1n) is 5.60. The van der Waals surface area contributed by atoms with Gasteiger partial charge in [0.2, 0.25) is 5.91 Å². The van der Waals surface area contributed by atoms with Crippen LogP contribution in [-0.2, 0) is 11.3 Å². The number of hydrogen-bond acceptors (Lipinski definition) is 4. The average molecular weight is 242 g/mol. The summed E-state index contributed by atoms with van der Waals surface area (Å²) < 4.78 is 0. The van der Waals surface area contributed by atoms with Gasteiger partial charge in [-0.25, -0.2) is 0 Å². The molecule has 2 aromatic heterocycles. The zero-order valence-electron chi connectivity index (χ0n) is 9.78. The zero-order chi connectivity index (χ0) is 12.8. The van der Waals surface area contributed by atoms with Crippen molar-refractivity contribution < 1.29 is 4.79 Å². The van der Waals surface area contributed by atoms with Crippen molar-refractivity contribution in [1.82, 2.24) is 15.3 Å². The van der Waals surface area contributed by atoms with Gasteiger partial charge in [0.25, 0.3) is 0 Å². The Morgan fingerprint density at radius 1 is 1.22 bits per heavy atom. The molecular formula is C13H14N4O. The molecule has 3 N–H and O–H groups in total. The highest BCUT2D eigenvalue weighted by molar-refractivity contribution is 5.80. The molecule has 5 heteroatoms. The van der Waals surface area contributed by atoms with Crippen molar-refractivity contribution in [1.29, 1.82) is 0 Å². The minimum atomic E-state index is -0.584. The van der Waals surface area contributed by atoms with Crippen LogP contribution in [0.5, 0.6) is 0 Å². The molecule has 1 atom stereocenters. The normalized spacial score (nSPS) is 12.0. The molecule has 0 fully saturated rings. The first kappa shape index (κ1) is 12.2. The standard InChI is InChI=1S/C13H14N4O/c14-13(18)12(11-3-1-2-6-16-11)17-9-10-4-7-15-8-5-10/h1-8,12,17H,9H2,(H2,14,18). The molecule has 0 aliphatic carbocycles. The summed E-state index contributed by atoms with van der Waals surface area (Å²) in [5.74, 6) is -0.442. The second-order valence-electron chi connectivity index (χ2n) is 3.83. The summed E-state index contributed by atoms with van der Waals surface area (Å²) in [6.45, 7) is 0.534. The molecule has 0 bridgehead atoms. The molecule has 92 valence electrons. The molecular weight excluding hydrogens is 228 g/mol. The zero-order valence-corrected chi connectivity index (χ0v) is 9.78. The van der Waals surface area contributed by atoms with Gasteiger partial charge in [0.05, 0.1) is 5.69 Å². The van der Waals surface area contributed by atoms with E-state index in [0.717, 1.165) is 5.56 Å². The van der Waals surface area contributed by atoms with Crippen LogP contribution in [-0.4, -0.2) is 15.9 Å². The lowest BCUT2D eigenvalue weighted by Crippen LogP contribution is -2.33. The number of aromatic nitrogens is 2. The Morgan fingerprint density at radius 2 is 2.00 bits per heavy atom. The number of amides is 1. The molecule has 0 aliphatic heterocycles. The van der Waals surface area contributed by atoms with Crippen molar-refractivity contribution in [2.24, 2.45) is 5.73 Å². The van der Waals surface area contributed by atoms with Crippen molar-refractivity contribution in [3.05, 3.63) is 60.2 Å². The highest BCUT2D eigenvalue weighted by Gasteiger charge is 2.17. The fraction of sp³-hybridized carbons (Fsp3) is 0.154. The molecule has 0 saturated carbocycles. The van der Waals surface area contributed by atoms with Crippen LogP contribution in [0.2, 0.25) is 0 Å². The predicted molar refractivity (Wildman–Crippen MR) is 67.2 cm³/mol. The Bertz CT molecular complexity index is 501. The Kier molecular flexibility index (Phi) is 3.98. The Labute approximate surface area is 105 Å². The largest absolute Gasteiger partial charge is 0.368 e. The van der Waals surface area contributed by atoms with Crippen molar-refractivity contribution in [2.75, 3.05) is 0 Å². The van der Waals surface area contributed by atoms with Gasteiger partial charge in [-0.2, -0.15) is 0 Å². The summed E-state index contributed by atoms with van der Waals surface area (Å²) in [6.07, 6.45) is 5.05. The third kappa shape index (κ3) is 3.11. The molecule has 1 unspecified atom stereocenters. The van der Waals surface area contributed by atoms with Gasteiger partial charge in [-0.05, 0) is 29.8 Å². The van der Waals surface area contributed by atoms with Crippen LogP contribution >= 0.6 is 0 Å². The van der Waals surface area contributed by atoms with Gasteiger partial charge in [0, 0.05) is 25.1 Å². The minimum Gasteiger partial charge on any atom is -0.368 e. The molecule has 0 aliphatic rings. The number of nitrogens with two attached hydrogens (primary N) is 1. The van der Waals surface area contributed by atoms with Crippen LogP contribution in [0, 0.1) is 0 Å². The second kappa shape index (κ2) is 5.88. The Balaban J connectivity index is 2.06. The van der Waals surface area contributed by atoms with Crippen LogP contribution in [0.3, 0.4) is 0 Å². The van der Waals surface area contributed by atoms with Crippen molar-refractivity contribution >= 4 is 5.91 Å². The highest BCUT2D eigenvalue weighted by Crippen LogP contribution is 2.09. The van der Waals surface area contributed by atoms with E-state index in [1.54, 1.807) is 30.7 Å². The number of nitrogens with one attached hydrogen (secondary N) is 1. The van der Waals surface area contributed by atoms with E-state index < -0.39 is 11.9 Å². The molecule has 2 heterocycles. The number of hydrogen-bond donors (Lipinski definition) is 2. The van der Waals surface area contributed by atoms with E-state index >= 15 is 0 Å². The van der Waals surface area contributed by atoms with Gasteiger partial charge in [-0.1, -0.05) is 6.07 Å². The number of primary amides is 1. The first-order chi connectivity index (χ1) is 8.77. The van der Waals surface area contributed by atoms with Gasteiger partial charge >= 0.3 is 0 Å². The summed E-state index contributed by atoms with van der Waals surface area (Å²) in [4.78, 5) is 19.5. The van der Waals surface area contributed by atoms with Crippen LogP contribution < -0.4 is 11.1 Å². The lowest BCUT2D eigenvalue weighted by Gasteiger charge is -2.14. The maximum absolute atomic E-state index is 11.4. The fourth-order valence-electron chi connectivity index (χ4n) is 1.62. The van der Waals surface area contributed by atoms with Crippen molar-refractivity contribution in [3.8, 4) is 0 Å². The summed E-state index contributed by atoms with van der Waals surface area (Å²) in [5.41, 5.74) is 7.04. The quantitative estimate of drug-likeness (QED) is 0.812. The number of rotatable bonds is 5. The van der Waals surface area contributed by atoms with E-state index in [9.17, 15) is 4.79 Å². The Morgan fingerprint density at radius 3 is 2.61 bits per heavy atom. The van der Waals surface area contributed by atoms with Gasteiger partial charge in [-0.15, -0.1) is 0 Å². The van der Waals surface area contributed by atoms with Gasteiger partial charge in [0.15, 0.2) is 0 Å².